The number of carboxylic acids is 1. The van der Waals surface area contributed by atoms with Gasteiger partial charge in [-0.1, -0.05) is 12.2 Å². The van der Waals surface area contributed by atoms with E-state index in [0.717, 1.165) is 10.4 Å². The molecule has 0 aliphatic carbocycles. The number of rotatable bonds is 4. The molecule has 2 aliphatic heterocycles. The molecule has 2 aliphatic rings. The zero-order chi connectivity index (χ0) is 16.9. The zero-order valence-corrected chi connectivity index (χ0v) is 14.2. The third kappa shape index (κ3) is 2.37. The second-order valence-corrected chi connectivity index (χ2v) is 6.98. The van der Waals surface area contributed by atoms with Crippen molar-refractivity contribution in [2.45, 2.75) is 25.5 Å². The summed E-state index contributed by atoms with van der Waals surface area (Å²) in [5, 5.41) is 24.0. The van der Waals surface area contributed by atoms with Gasteiger partial charge in [0, 0.05) is 7.05 Å². The minimum absolute atomic E-state index is 0.0247. The summed E-state index contributed by atoms with van der Waals surface area (Å²) >= 11 is 6.62. The molecule has 3 heterocycles. The van der Waals surface area contributed by atoms with Crippen LogP contribution in [-0.2, 0) is 9.59 Å². The van der Waals surface area contributed by atoms with E-state index in [1.807, 2.05) is 11.4 Å². The van der Waals surface area contributed by atoms with E-state index in [1.165, 1.54) is 16.2 Å². The van der Waals surface area contributed by atoms with Crippen LogP contribution in [-0.4, -0.2) is 51.2 Å². The number of carbonyl (C=O) groups is 2. The van der Waals surface area contributed by atoms with Crippen molar-refractivity contribution in [3.8, 4) is 0 Å². The number of nitrogens with zero attached hydrogens (tertiary/aromatic N) is 1. The predicted octanol–water partition coefficient (Wildman–Crippen LogP) is 1.05. The maximum Gasteiger partial charge on any atom is 0.352 e. The van der Waals surface area contributed by atoms with Gasteiger partial charge in [-0.25, -0.2) is 4.79 Å². The average Bonchev–Trinajstić information content (AvgIpc) is 3.08. The van der Waals surface area contributed by atoms with Gasteiger partial charge in [0.1, 0.15) is 10.7 Å². The summed E-state index contributed by atoms with van der Waals surface area (Å²) in [5.74, 6) is -1.97. The van der Waals surface area contributed by atoms with E-state index in [9.17, 15) is 19.8 Å². The van der Waals surface area contributed by atoms with E-state index in [-0.39, 0.29) is 17.6 Å². The van der Waals surface area contributed by atoms with E-state index in [2.05, 4.69) is 5.32 Å². The molecule has 122 valence electrons. The molecule has 3 rings (SSSR count). The first-order chi connectivity index (χ1) is 10.9. The van der Waals surface area contributed by atoms with E-state index >= 15 is 0 Å². The van der Waals surface area contributed by atoms with Crippen LogP contribution in [0.2, 0.25) is 0 Å². The first-order valence-electron chi connectivity index (χ1n) is 7.15. The standard InChI is InChI=1S/C15H16N2O4S2/c1-6(18)11-9-4-8(12(15(20)21)17(9)14(11)19)7-3-10(23-5-7)13(22)16-2/h3,5-6,9,11,18H,4H2,1-2H3,(H,16,22)(H,20,21)/t6-,9-,11-/m1/s1. The number of aliphatic carboxylic acids is 1. The van der Waals surface area contributed by atoms with Gasteiger partial charge < -0.3 is 20.4 Å². The number of fused-ring (bicyclic) bond motifs is 1. The number of β-lactam (4-membered cyclic amide) rings is 1. The molecule has 1 fully saturated rings. The van der Waals surface area contributed by atoms with Crippen molar-refractivity contribution >= 4 is 46.0 Å². The molecule has 1 aromatic heterocycles. The van der Waals surface area contributed by atoms with E-state index in [4.69, 9.17) is 12.2 Å². The third-order valence-corrected chi connectivity index (χ3v) is 5.83. The summed E-state index contributed by atoms with van der Waals surface area (Å²) < 4.78 is 0. The van der Waals surface area contributed by atoms with E-state index in [1.54, 1.807) is 14.0 Å². The SMILES string of the molecule is CNC(=S)c1cc(C2=C(C(=O)O)N3C(=O)[C@H]([C@@H](C)O)[C@H]3C2)cs1. The van der Waals surface area contributed by atoms with Crippen LogP contribution in [0.1, 0.15) is 23.8 Å². The topological polar surface area (TPSA) is 89.9 Å². The number of nitrogens with one attached hydrogen (secondary N) is 1. The fraction of sp³-hybridized carbons (Fsp3) is 0.400. The number of carboxylic acid groups (broad SMARTS) is 1. The van der Waals surface area contributed by atoms with Crippen LogP contribution in [0.5, 0.6) is 0 Å². The van der Waals surface area contributed by atoms with Crippen molar-refractivity contribution < 1.29 is 19.8 Å². The normalized spacial score (nSPS) is 24.3. The maximum atomic E-state index is 12.2. The second-order valence-electron chi connectivity index (χ2n) is 5.66. The number of aliphatic hydroxyl groups is 1. The zero-order valence-electron chi connectivity index (χ0n) is 12.6. The lowest BCUT2D eigenvalue weighted by Crippen LogP contribution is -2.61. The van der Waals surface area contributed by atoms with Crippen LogP contribution in [0.4, 0.5) is 0 Å². The first-order valence-corrected chi connectivity index (χ1v) is 8.44. The molecule has 3 N–H and O–H groups in total. The number of thiocarbonyl (C=S) groups is 1. The highest BCUT2D eigenvalue weighted by molar-refractivity contribution is 7.81. The number of aliphatic hydroxyl groups excluding tert-OH is 1. The van der Waals surface area contributed by atoms with Crippen LogP contribution in [0.25, 0.3) is 5.57 Å². The van der Waals surface area contributed by atoms with Gasteiger partial charge in [0.15, 0.2) is 0 Å². The van der Waals surface area contributed by atoms with Crippen LogP contribution in [0.3, 0.4) is 0 Å². The van der Waals surface area contributed by atoms with Crippen molar-refractivity contribution in [3.63, 3.8) is 0 Å². The van der Waals surface area contributed by atoms with Gasteiger partial charge in [0.05, 0.1) is 22.9 Å². The Kier molecular flexibility index (Phi) is 3.99. The van der Waals surface area contributed by atoms with Gasteiger partial charge in [0.2, 0.25) is 5.91 Å². The quantitative estimate of drug-likeness (QED) is 0.554. The van der Waals surface area contributed by atoms with Crippen molar-refractivity contribution in [1.29, 1.82) is 0 Å². The van der Waals surface area contributed by atoms with Crippen LogP contribution in [0, 0.1) is 5.92 Å². The van der Waals surface area contributed by atoms with Crippen molar-refractivity contribution in [2.24, 2.45) is 5.92 Å². The van der Waals surface area contributed by atoms with Crippen molar-refractivity contribution in [1.82, 2.24) is 10.2 Å². The first kappa shape index (κ1) is 16.1. The molecule has 0 radical (unpaired) electrons. The smallest absolute Gasteiger partial charge is 0.352 e. The monoisotopic (exact) mass is 352 g/mol. The molecular weight excluding hydrogens is 336 g/mol. The highest BCUT2D eigenvalue weighted by Crippen LogP contribution is 2.47. The molecule has 1 aromatic rings. The van der Waals surface area contributed by atoms with E-state index in [0.29, 0.717) is 17.0 Å². The summed E-state index contributed by atoms with van der Waals surface area (Å²) in [6.45, 7) is 1.56. The number of carbonyl (C=O) groups excluding carboxylic acids is 1. The largest absolute Gasteiger partial charge is 0.477 e. The fourth-order valence-corrected chi connectivity index (χ4v) is 4.34. The van der Waals surface area contributed by atoms with Crippen molar-refractivity contribution in [2.75, 3.05) is 7.05 Å². The summed E-state index contributed by atoms with van der Waals surface area (Å²) in [6, 6.07) is 1.57. The number of amides is 1. The summed E-state index contributed by atoms with van der Waals surface area (Å²) in [4.78, 5) is 26.6. The lowest BCUT2D eigenvalue weighted by Gasteiger charge is -2.44. The number of hydrogen-bond acceptors (Lipinski definition) is 5. The van der Waals surface area contributed by atoms with Gasteiger partial charge in [-0.05, 0) is 35.9 Å². The Balaban J connectivity index is 1.98. The molecule has 8 heteroatoms. The molecule has 0 saturated carbocycles. The number of hydrogen-bond donors (Lipinski definition) is 3. The Hall–Kier alpha value is -1.77. The Morgan fingerprint density at radius 2 is 2.26 bits per heavy atom. The molecule has 1 saturated heterocycles. The van der Waals surface area contributed by atoms with Gasteiger partial charge >= 0.3 is 5.97 Å². The molecule has 0 spiro atoms. The van der Waals surface area contributed by atoms with Gasteiger partial charge in [-0.2, -0.15) is 0 Å². The third-order valence-electron chi connectivity index (χ3n) is 4.33. The Bertz CT molecular complexity index is 738. The van der Waals surface area contributed by atoms with Gasteiger partial charge in [-0.3, -0.25) is 4.79 Å². The summed E-state index contributed by atoms with van der Waals surface area (Å²) in [7, 11) is 1.73. The molecule has 0 aromatic carbocycles. The molecule has 0 bridgehead atoms. The predicted molar refractivity (Wildman–Crippen MR) is 90.1 cm³/mol. The highest BCUT2D eigenvalue weighted by atomic mass is 32.1. The van der Waals surface area contributed by atoms with Crippen LogP contribution < -0.4 is 5.32 Å². The Morgan fingerprint density at radius 3 is 2.83 bits per heavy atom. The molecule has 23 heavy (non-hydrogen) atoms. The van der Waals surface area contributed by atoms with Gasteiger partial charge in [0.25, 0.3) is 0 Å². The number of thiophene rings is 1. The molecule has 0 unspecified atom stereocenters. The Labute approximate surface area is 142 Å². The molecular formula is C15H16N2O4S2. The van der Waals surface area contributed by atoms with Crippen molar-refractivity contribution in [3.05, 3.63) is 27.6 Å². The highest BCUT2D eigenvalue weighted by Gasteiger charge is 2.56. The average molecular weight is 352 g/mol. The molecule has 1 amide bonds. The van der Waals surface area contributed by atoms with Gasteiger partial charge in [-0.15, -0.1) is 11.3 Å². The lowest BCUT2D eigenvalue weighted by molar-refractivity contribution is -0.161. The summed E-state index contributed by atoms with van der Waals surface area (Å²) in [5.41, 5.74) is 1.42. The summed E-state index contributed by atoms with van der Waals surface area (Å²) in [6.07, 6.45) is -0.348. The molecule has 3 atom stereocenters. The fourth-order valence-electron chi connectivity index (χ4n) is 3.26. The van der Waals surface area contributed by atoms with E-state index < -0.39 is 18.0 Å². The Morgan fingerprint density at radius 1 is 1.57 bits per heavy atom. The van der Waals surface area contributed by atoms with Crippen LogP contribution >= 0.6 is 23.6 Å². The second kappa shape index (κ2) is 5.70. The lowest BCUT2D eigenvalue weighted by atomic mass is 9.82. The molecule has 6 nitrogen and oxygen atoms in total. The minimum Gasteiger partial charge on any atom is -0.477 e. The minimum atomic E-state index is -1.12. The van der Waals surface area contributed by atoms with Crippen LogP contribution in [0.15, 0.2) is 17.1 Å². The maximum absolute atomic E-state index is 12.2.